The number of aromatic nitrogens is 1. The van der Waals surface area contributed by atoms with Gasteiger partial charge in [0.05, 0.1) is 11.9 Å². The van der Waals surface area contributed by atoms with Crippen molar-refractivity contribution in [2.24, 2.45) is 0 Å². The van der Waals surface area contributed by atoms with Gasteiger partial charge in [0, 0.05) is 5.33 Å². The van der Waals surface area contributed by atoms with Gasteiger partial charge >= 0.3 is 10.1 Å². The highest BCUT2D eigenvalue weighted by molar-refractivity contribution is 9.08. The maximum Gasteiger partial charge on any atom is 0.339 e. The number of halogens is 1. The van der Waals surface area contributed by atoms with E-state index < -0.39 is 10.1 Å². The Balaban J connectivity index is 2.22. The van der Waals surface area contributed by atoms with Crippen molar-refractivity contribution in [1.29, 1.82) is 0 Å². The lowest BCUT2D eigenvalue weighted by Gasteiger charge is -2.06. The number of hydrogen-bond acceptors (Lipinski definition) is 4. The molecule has 0 saturated carbocycles. The summed E-state index contributed by atoms with van der Waals surface area (Å²) in [6.07, 6.45) is 1.39. The SMILES string of the molecule is O=S(=O)(Oc1ccc(CBr)nc1)c1ccccc1. The Labute approximate surface area is 114 Å². The molecule has 0 unspecified atom stereocenters. The third-order valence-electron chi connectivity index (χ3n) is 2.17. The maximum absolute atomic E-state index is 11.9. The molecule has 1 heterocycles. The van der Waals surface area contributed by atoms with Gasteiger partial charge in [-0.25, -0.2) is 0 Å². The van der Waals surface area contributed by atoms with E-state index in [0.29, 0.717) is 5.33 Å². The topological polar surface area (TPSA) is 56.3 Å². The smallest absolute Gasteiger partial charge is 0.339 e. The lowest BCUT2D eigenvalue weighted by molar-refractivity contribution is 0.484. The third kappa shape index (κ3) is 3.08. The average molecular weight is 328 g/mol. The van der Waals surface area contributed by atoms with Crippen molar-refractivity contribution in [3.05, 3.63) is 54.4 Å². The molecule has 0 atom stereocenters. The fourth-order valence-corrected chi connectivity index (χ4v) is 2.57. The van der Waals surface area contributed by atoms with Gasteiger partial charge in [-0.1, -0.05) is 34.1 Å². The molecule has 0 radical (unpaired) electrons. The van der Waals surface area contributed by atoms with Gasteiger partial charge in [0.2, 0.25) is 0 Å². The average Bonchev–Trinajstić information content (AvgIpc) is 2.40. The van der Waals surface area contributed by atoms with Gasteiger partial charge in [0.25, 0.3) is 0 Å². The monoisotopic (exact) mass is 327 g/mol. The molecule has 2 rings (SSSR count). The van der Waals surface area contributed by atoms with Crippen LogP contribution in [-0.2, 0) is 15.4 Å². The van der Waals surface area contributed by atoms with Gasteiger partial charge in [-0.3, -0.25) is 4.98 Å². The number of hydrogen-bond donors (Lipinski definition) is 0. The van der Waals surface area contributed by atoms with E-state index in [0.717, 1.165) is 5.69 Å². The summed E-state index contributed by atoms with van der Waals surface area (Å²) in [4.78, 5) is 4.16. The maximum atomic E-state index is 11.9. The van der Waals surface area contributed by atoms with Crippen molar-refractivity contribution in [1.82, 2.24) is 4.98 Å². The lowest BCUT2D eigenvalue weighted by Crippen LogP contribution is -2.09. The zero-order valence-corrected chi connectivity index (χ0v) is 11.7. The summed E-state index contributed by atoms with van der Waals surface area (Å²) in [7, 11) is -3.78. The summed E-state index contributed by atoms with van der Waals surface area (Å²) < 4.78 is 28.8. The van der Waals surface area contributed by atoms with Crippen LogP contribution in [0.15, 0.2) is 53.6 Å². The zero-order chi connectivity index (χ0) is 13.0. The van der Waals surface area contributed by atoms with Crippen molar-refractivity contribution >= 4 is 26.0 Å². The summed E-state index contributed by atoms with van der Waals surface area (Å²) in [6, 6.07) is 11.3. The molecule has 0 N–H and O–H groups in total. The van der Waals surface area contributed by atoms with E-state index in [1.54, 1.807) is 30.3 Å². The Morgan fingerprint density at radius 1 is 1.11 bits per heavy atom. The first kappa shape index (κ1) is 13.0. The molecule has 6 heteroatoms. The first-order chi connectivity index (χ1) is 8.62. The minimum Gasteiger partial charge on any atom is -0.377 e. The Hall–Kier alpha value is -1.40. The van der Waals surface area contributed by atoms with Gasteiger partial charge in [-0.15, -0.1) is 0 Å². The molecule has 1 aromatic carbocycles. The molecule has 94 valence electrons. The molecule has 0 aliphatic heterocycles. The van der Waals surface area contributed by atoms with Crippen LogP contribution in [0.3, 0.4) is 0 Å². The molecule has 0 aliphatic rings. The number of alkyl halides is 1. The Bertz CT molecular complexity index is 612. The van der Waals surface area contributed by atoms with E-state index in [4.69, 9.17) is 4.18 Å². The molecule has 0 aliphatic carbocycles. The van der Waals surface area contributed by atoms with E-state index in [1.165, 1.54) is 18.3 Å². The van der Waals surface area contributed by atoms with Crippen LogP contribution in [0.5, 0.6) is 5.75 Å². The Kier molecular flexibility index (Phi) is 3.98. The van der Waals surface area contributed by atoms with Crippen LogP contribution in [-0.4, -0.2) is 13.4 Å². The molecule has 2 aromatic rings. The second-order valence-corrected chi connectivity index (χ2v) is 5.58. The van der Waals surface area contributed by atoms with Gasteiger partial charge in [-0.2, -0.15) is 8.42 Å². The Morgan fingerprint density at radius 2 is 1.83 bits per heavy atom. The largest absolute Gasteiger partial charge is 0.377 e. The highest BCUT2D eigenvalue weighted by Gasteiger charge is 2.15. The summed E-state index contributed by atoms with van der Waals surface area (Å²) in [5.74, 6) is 0.198. The van der Waals surface area contributed by atoms with Gasteiger partial charge < -0.3 is 4.18 Å². The van der Waals surface area contributed by atoms with Gasteiger partial charge in [-0.05, 0) is 24.3 Å². The normalized spacial score (nSPS) is 11.2. The van der Waals surface area contributed by atoms with Crippen molar-refractivity contribution < 1.29 is 12.6 Å². The predicted octanol–water partition coefficient (Wildman–Crippen LogP) is 2.74. The number of nitrogens with zero attached hydrogens (tertiary/aromatic N) is 1. The first-order valence-electron chi connectivity index (χ1n) is 5.12. The van der Waals surface area contributed by atoms with Gasteiger partial charge in [0.15, 0.2) is 5.75 Å². The van der Waals surface area contributed by atoms with E-state index >= 15 is 0 Å². The molecule has 0 spiro atoms. The minimum atomic E-state index is -3.78. The molecule has 1 aromatic heterocycles. The van der Waals surface area contributed by atoms with E-state index in [9.17, 15) is 8.42 Å². The molecule has 0 fully saturated rings. The van der Waals surface area contributed by atoms with Crippen molar-refractivity contribution in [3.8, 4) is 5.75 Å². The van der Waals surface area contributed by atoms with Crippen molar-refractivity contribution in [2.45, 2.75) is 10.2 Å². The summed E-state index contributed by atoms with van der Waals surface area (Å²) >= 11 is 3.26. The van der Waals surface area contributed by atoms with E-state index in [1.807, 2.05) is 0 Å². The van der Waals surface area contributed by atoms with Crippen LogP contribution < -0.4 is 4.18 Å². The van der Waals surface area contributed by atoms with Crippen molar-refractivity contribution in [2.75, 3.05) is 0 Å². The number of pyridine rings is 1. The summed E-state index contributed by atoms with van der Waals surface area (Å²) in [5.41, 5.74) is 0.805. The molecular weight excluding hydrogens is 318 g/mol. The fourth-order valence-electron chi connectivity index (χ4n) is 1.30. The first-order valence-corrected chi connectivity index (χ1v) is 7.65. The van der Waals surface area contributed by atoms with Crippen LogP contribution >= 0.6 is 15.9 Å². The molecule has 0 bridgehead atoms. The summed E-state index contributed by atoms with van der Waals surface area (Å²) in [5, 5.41) is 0.610. The molecular formula is C12H10BrNO3S. The molecule has 0 amide bonds. The van der Waals surface area contributed by atoms with Crippen molar-refractivity contribution in [3.63, 3.8) is 0 Å². The van der Waals surface area contributed by atoms with Crippen LogP contribution in [0, 0.1) is 0 Å². The van der Waals surface area contributed by atoms with Gasteiger partial charge in [0.1, 0.15) is 4.90 Å². The van der Waals surface area contributed by atoms with Crippen LogP contribution in [0.1, 0.15) is 5.69 Å². The second-order valence-electron chi connectivity index (χ2n) is 3.47. The molecule has 18 heavy (non-hydrogen) atoms. The molecule has 0 saturated heterocycles. The standard InChI is InChI=1S/C12H10BrNO3S/c13-8-10-6-7-11(9-14-10)17-18(15,16)12-4-2-1-3-5-12/h1-7,9H,8H2. The lowest BCUT2D eigenvalue weighted by atomic mass is 10.4. The fraction of sp³-hybridized carbons (Fsp3) is 0.0833. The highest BCUT2D eigenvalue weighted by Crippen LogP contribution is 2.18. The van der Waals surface area contributed by atoms with Crippen LogP contribution in [0.2, 0.25) is 0 Å². The zero-order valence-electron chi connectivity index (χ0n) is 9.28. The third-order valence-corrected chi connectivity index (χ3v) is 4.01. The van der Waals surface area contributed by atoms with Crippen LogP contribution in [0.4, 0.5) is 0 Å². The second kappa shape index (κ2) is 5.49. The number of rotatable bonds is 4. The van der Waals surface area contributed by atoms with Crippen LogP contribution in [0.25, 0.3) is 0 Å². The predicted molar refractivity (Wildman–Crippen MR) is 71.1 cm³/mol. The van der Waals surface area contributed by atoms with E-state index in [-0.39, 0.29) is 10.6 Å². The molecule has 4 nitrogen and oxygen atoms in total. The number of benzene rings is 1. The quantitative estimate of drug-likeness (QED) is 0.640. The minimum absolute atomic E-state index is 0.120. The Morgan fingerprint density at radius 3 is 2.39 bits per heavy atom. The van der Waals surface area contributed by atoms with E-state index in [2.05, 4.69) is 20.9 Å². The highest BCUT2D eigenvalue weighted by atomic mass is 79.9. The summed E-state index contributed by atoms with van der Waals surface area (Å²) in [6.45, 7) is 0.